The first-order valence-corrected chi connectivity index (χ1v) is 8.27. The van der Waals surface area contributed by atoms with Crippen molar-refractivity contribution in [2.24, 2.45) is 5.41 Å². The van der Waals surface area contributed by atoms with Crippen LogP contribution in [0.25, 0.3) is 6.08 Å². The highest BCUT2D eigenvalue weighted by atomic mass is 16.5. The summed E-state index contributed by atoms with van der Waals surface area (Å²) in [5.74, 6) is 1.73. The van der Waals surface area contributed by atoms with Crippen molar-refractivity contribution in [2.45, 2.75) is 26.7 Å². The van der Waals surface area contributed by atoms with Crippen LogP contribution >= 0.6 is 0 Å². The fourth-order valence-corrected chi connectivity index (χ4v) is 3.00. The zero-order valence-electron chi connectivity index (χ0n) is 14.2. The normalized spacial score (nSPS) is 22.8. The van der Waals surface area contributed by atoms with E-state index in [1.807, 2.05) is 48.6 Å². The minimum Gasteiger partial charge on any atom is -0.465 e. The molecule has 1 aromatic rings. The molecule has 0 N–H and O–H groups in total. The Morgan fingerprint density at radius 2 is 2.00 bits per heavy atom. The summed E-state index contributed by atoms with van der Waals surface area (Å²) in [6.07, 6.45) is 22.0. The molecule has 122 valence electrons. The summed E-state index contributed by atoms with van der Waals surface area (Å²) in [6, 6.07) is 5.82. The minimum absolute atomic E-state index is 0.246. The standard InChI is InChI=1S/C22H23O2/c1-22(2)16-18(9-11-20-7-3-5-13-23-20)15-19(17-22)10-12-21-8-4-6-14-24-21/h3-15H,16-17H2,1-2H3/q+1. The van der Waals surface area contributed by atoms with Crippen LogP contribution < -0.4 is 0 Å². The molecule has 0 unspecified atom stereocenters. The van der Waals surface area contributed by atoms with Crippen LogP contribution in [0.3, 0.4) is 0 Å². The molecule has 0 spiro atoms. The molecular weight excluding hydrogens is 296 g/mol. The predicted octanol–water partition coefficient (Wildman–Crippen LogP) is 6.23. The van der Waals surface area contributed by atoms with E-state index in [1.54, 1.807) is 12.5 Å². The summed E-state index contributed by atoms with van der Waals surface area (Å²) < 4.78 is 10.9. The van der Waals surface area contributed by atoms with Gasteiger partial charge in [0.25, 0.3) is 0 Å². The summed E-state index contributed by atoms with van der Waals surface area (Å²) in [7, 11) is 0. The van der Waals surface area contributed by atoms with E-state index in [-0.39, 0.29) is 5.41 Å². The van der Waals surface area contributed by atoms with Crippen molar-refractivity contribution in [3.05, 3.63) is 95.9 Å². The zero-order valence-corrected chi connectivity index (χ0v) is 14.2. The maximum absolute atomic E-state index is 5.46. The van der Waals surface area contributed by atoms with Gasteiger partial charge in [-0.3, -0.25) is 0 Å². The Balaban J connectivity index is 1.80. The van der Waals surface area contributed by atoms with Gasteiger partial charge in [-0.1, -0.05) is 32.1 Å². The second-order valence-electron chi connectivity index (χ2n) is 6.89. The van der Waals surface area contributed by atoms with Gasteiger partial charge in [-0.05, 0) is 59.8 Å². The zero-order chi connectivity index (χ0) is 16.8. The van der Waals surface area contributed by atoms with Gasteiger partial charge in [0.15, 0.2) is 0 Å². The van der Waals surface area contributed by atoms with Gasteiger partial charge in [0.05, 0.1) is 6.26 Å². The Bertz CT molecular complexity index is 756. The summed E-state index contributed by atoms with van der Waals surface area (Å²) in [5.41, 5.74) is 2.88. The molecule has 2 heteroatoms. The Kier molecular flexibility index (Phi) is 4.95. The van der Waals surface area contributed by atoms with Crippen LogP contribution in [0.2, 0.25) is 0 Å². The van der Waals surface area contributed by atoms with Crippen LogP contribution in [0.15, 0.2) is 94.6 Å². The lowest BCUT2D eigenvalue weighted by atomic mass is 9.75. The van der Waals surface area contributed by atoms with Gasteiger partial charge in [-0.25, -0.2) is 4.42 Å². The van der Waals surface area contributed by atoms with Gasteiger partial charge >= 0.3 is 12.0 Å². The van der Waals surface area contributed by atoms with Gasteiger partial charge in [0.2, 0.25) is 0 Å². The highest BCUT2D eigenvalue weighted by Crippen LogP contribution is 2.38. The Hall–Kier alpha value is -2.61. The summed E-state index contributed by atoms with van der Waals surface area (Å²) in [6.45, 7) is 4.61. The molecule has 0 amide bonds. The quantitative estimate of drug-likeness (QED) is 0.615. The molecule has 2 nitrogen and oxygen atoms in total. The van der Waals surface area contributed by atoms with Gasteiger partial charge in [0.1, 0.15) is 5.76 Å². The first kappa shape index (κ1) is 16.3. The van der Waals surface area contributed by atoms with E-state index in [9.17, 15) is 0 Å². The predicted molar refractivity (Wildman–Crippen MR) is 98.8 cm³/mol. The van der Waals surface area contributed by atoms with Gasteiger partial charge in [-0.2, -0.15) is 0 Å². The first-order chi connectivity index (χ1) is 11.6. The molecule has 2 aliphatic rings. The largest absolute Gasteiger partial charge is 0.465 e. The van der Waals surface area contributed by atoms with E-state index in [4.69, 9.17) is 9.15 Å². The topological polar surface area (TPSA) is 20.5 Å². The highest BCUT2D eigenvalue weighted by Gasteiger charge is 2.24. The molecule has 0 bridgehead atoms. The maximum Gasteiger partial charge on any atom is 0.352 e. The van der Waals surface area contributed by atoms with Gasteiger partial charge in [-0.15, -0.1) is 0 Å². The van der Waals surface area contributed by atoms with Crippen LogP contribution in [0.1, 0.15) is 32.4 Å². The molecule has 0 radical (unpaired) electrons. The van der Waals surface area contributed by atoms with Crippen LogP contribution in [-0.4, -0.2) is 0 Å². The van der Waals surface area contributed by atoms with E-state index in [0.29, 0.717) is 0 Å². The SMILES string of the molecule is CC1(C)CC(/C=C/c2cccc[o+]2)=CC(=C/C=C2\C=CC=CO2)/C1. The fourth-order valence-electron chi connectivity index (χ4n) is 3.00. The number of ether oxygens (including phenoxy) is 1. The van der Waals surface area contributed by atoms with Crippen LogP contribution in [-0.2, 0) is 4.74 Å². The second kappa shape index (κ2) is 7.31. The molecule has 2 heterocycles. The second-order valence-corrected chi connectivity index (χ2v) is 6.89. The third-order valence-corrected chi connectivity index (χ3v) is 3.97. The Labute approximate surface area is 143 Å². The van der Waals surface area contributed by atoms with E-state index in [2.05, 4.69) is 32.1 Å². The van der Waals surface area contributed by atoms with Crippen molar-refractivity contribution in [1.82, 2.24) is 0 Å². The van der Waals surface area contributed by atoms with Crippen molar-refractivity contribution < 1.29 is 9.15 Å². The smallest absolute Gasteiger partial charge is 0.352 e. The number of hydrogen-bond donors (Lipinski definition) is 0. The van der Waals surface area contributed by atoms with Gasteiger partial charge < -0.3 is 4.74 Å². The summed E-state index contributed by atoms with van der Waals surface area (Å²) >= 11 is 0. The molecular formula is C22H23O2+. The molecule has 0 atom stereocenters. The van der Waals surface area contributed by atoms with Crippen molar-refractivity contribution in [1.29, 1.82) is 0 Å². The van der Waals surface area contributed by atoms with Crippen molar-refractivity contribution in [2.75, 3.05) is 0 Å². The Morgan fingerprint density at radius 3 is 2.75 bits per heavy atom. The molecule has 3 rings (SSSR count). The first-order valence-electron chi connectivity index (χ1n) is 8.27. The highest BCUT2D eigenvalue weighted by molar-refractivity contribution is 5.50. The molecule has 0 saturated heterocycles. The molecule has 24 heavy (non-hydrogen) atoms. The number of allylic oxidation sites excluding steroid dienone is 9. The van der Waals surface area contributed by atoms with Crippen LogP contribution in [0.4, 0.5) is 0 Å². The molecule has 0 fully saturated rings. The van der Waals surface area contributed by atoms with E-state index in [0.717, 1.165) is 24.4 Å². The summed E-state index contributed by atoms with van der Waals surface area (Å²) in [5, 5.41) is 0. The summed E-state index contributed by atoms with van der Waals surface area (Å²) in [4.78, 5) is 0. The third-order valence-electron chi connectivity index (χ3n) is 3.97. The van der Waals surface area contributed by atoms with E-state index < -0.39 is 0 Å². The lowest BCUT2D eigenvalue weighted by Crippen LogP contribution is -2.16. The average molecular weight is 319 g/mol. The van der Waals surface area contributed by atoms with Crippen LogP contribution in [0.5, 0.6) is 0 Å². The third kappa shape index (κ3) is 4.69. The van der Waals surface area contributed by atoms with Crippen LogP contribution in [0, 0.1) is 5.41 Å². The average Bonchev–Trinajstić information content (AvgIpc) is 2.59. The van der Waals surface area contributed by atoms with E-state index in [1.165, 1.54) is 11.1 Å². The molecule has 1 aliphatic carbocycles. The maximum atomic E-state index is 5.46. The number of hydrogen-bond acceptors (Lipinski definition) is 1. The Morgan fingerprint density at radius 1 is 1.08 bits per heavy atom. The van der Waals surface area contributed by atoms with Crippen molar-refractivity contribution in [3.63, 3.8) is 0 Å². The lowest BCUT2D eigenvalue weighted by Gasteiger charge is -2.30. The number of rotatable bonds is 3. The molecule has 1 aliphatic heterocycles. The van der Waals surface area contributed by atoms with E-state index >= 15 is 0 Å². The van der Waals surface area contributed by atoms with Crippen molar-refractivity contribution >= 4 is 6.08 Å². The van der Waals surface area contributed by atoms with Gasteiger partial charge in [0, 0.05) is 18.2 Å². The molecule has 0 aromatic carbocycles. The van der Waals surface area contributed by atoms with Crippen molar-refractivity contribution in [3.8, 4) is 0 Å². The minimum atomic E-state index is 0.246. The monoisotopic (exact) mass is 319 g/mol. The molecule has 1 aromatic heterocycles. The fraction of sp³-hybridized carbons (Fsp3) is 0.227. The molecule has 0 saturated carbocycles. The lowest BCUT2D eigenvalue weighted by molar-refractivity contribution is 0.354.